The van der Waals surface area contributed by atoms with E-state index in [1.54, 1.807) is 12.1 Å². The number of primary amides is 1. The van der Waals surface area contributed by atoms with E-state index < -0.39 is 11.7 Å². The van der Waals surface area contributed by atoms with E-state index in [9.17, 15) is 14.3 Å². The fourth-order valence-electron chi connectivity index (χ4n) is 2.73. The average molecular weight is 286 g/mol. The maximum Gasteiger partial charge on any atom is 0.248 e. The summed E-state index contributed by atoms with van der Waals surface area (Å²) in [6, 6.07) is 9.17. The van der Waals surface area contributed by atoms with Gasteiger partial charge in [-0.1, -0.05) is 6.07 Å². The van der Waals surface area contributed by atoms with Crippen molar-refractivity contribution in [1.29, 1.82) is 0 Å². The summed E-state index contributed by atoms with van der Waals surface area (Å²) >= 11 is 0. The Morgan fingerprint density at radius 2 is 2.10 bits per heavy atom. The highest BCUT2D eigenvalue weighted by atomic mass is 19.1. The normalized spacial score (nSPS) is 16.5. The van der Waals surface area contributed by atoms with Crippen molar-refractivity contribution in [2.75, 3.05) is 5.32 Å². The van der Waals surface area contributed by atoms with Gasteiger partial charge in [0.25, 0.3) is 0 Å². The SMILES string of the molecule is NC(=O)c1ccc(F)c(NC2CCc3cc(O)ccc32)c1. The molecule has 0 aromatic heterocycles. The topological polar surface area (TPSA) is 75.4 Å². The van der Waals surface area contributed by atoms with Crippen LogP contribution < -0.4 is 11.1 Å². The number of fused-ring (bicyclic) bond motifs is 1. The molecule has 1 unspecified atom stereocenters. The van der Waals surface area contributed by atoms with Gasteiger partial charge >= 0.3 is 0 Å². The Bertz CT molecular complexity index is 715. The third-order valence-corrected chi connectivity index (χ3v) is 3.78. The van der Waals surface area contributed by atoms with Crippen molar-refractivity contribution in [1.82, 2.24) is 0 Å². The summed E-state index contributed by atoms with van der Waals surface area (Å²) in [6.45, 7) is 0. The molecule has 4 N–H and O–H groups in total. The number of amides is 1. The fraction of sp³-hybridized carbons (Fsp3) is 0.188. The van der Waals surface area contributed by atoms with Crippen molar-refractivity contribution in [2.45, 2.75) is 18.9 Å². The van der Waals surface area contributed by atoms with E-state index in [1.165, 1.54) is 18.2 Å². The molecule has 0 saturated carbocycles. The van der Waals surface area contributed by atoms with Crippen LogP contribution >= 0.6 is 0 Å². The van der Waals surface area contributed by atoms with Crippen LogP contribution in [0.1, 0.15) is 33.9 Å². The number of aryl methyl sites for hydroxylation is 1. The second kappa shape index (κ2) is 5.09. The van der Waals surface area contributed by atoms with Gasteiger partial charge in [0.15, 0.2) is 0 Å². The molecule has 21 heavy (non-hydrogen) atoms. The molecule has 0 aliphatic heterocycles. The molecule has 1 atom stereocenters. The van der Waals surface area contributed by atoms with Crippen molar-refractivity contribution >= 4 is 11.6 Å². The van der Waals surface area contributed by atoms with Crippen LogP contribution in [0.2, 0.25) is 0 Å². The van der Waals surface area contributed by atoms with Crippen LogP contribution in [0.15, 0.2) is 36.4 Å². The van der Waals surface area contributed by atoms with E-state index in [2.05, 4.69) is 5.32 Å². The number of anilines is 1. The number of hydrogen-bond acceptors (Lipinski definition) is 3. The number of phenols is 1. The Balaban J connectivity index is 1.89. The van der Waals surface area contributed by atoms with E-state index in [0.717, 1.165) is 24.0 Å². The van der Waals surface area contributed by atoms with Crippen molar-refractivity contribution in [3.8, 4) is 5.75 Å². The molecular formula is C16H15FN2O2. The Hall–Kier alpha value is -2.56. The number of hydrogen-bond donors (Lipinski definition) is 3. The molecule has 2 aromatic carbocycles. The first kappa shape index (κ1) is 13.4. The molecule has 0 spiro atoms. The zero-order valence-corrected chi connectivity index (χ0v) is 11.3. The third-order valence-electron chi connectivity index (χ3n) is 3.78. The quantitative estimate of drug-likeness (QED) is 0.812. The van der Waals surface area contributed by atoms with Crippen LogP contribution in [0.25, 0.3) is 0 Å². The number of benzene rings is 2. The number of phenolic OH excluding ortho intramolecular Hbond substituents is 1. The molecular weight excluding hydrogens is 271 g/mol. The monoisotopic (exact) mass is 286 g/mol. The summed E-state index contributed by atoms with van der Waals surface area (Å²) in [5.74, 6) is -0.779. The Kier molecular flexibility index (Phi) is 3.25. The Morgan fingerprint density at radius 3 is 2.86 bits per heavy atom. The minimum atomic E-state index is -0.588. The smallest absolute Gasteiger partial charge is 0.248 e. The third kappa shape index (κ3) is 2.54. The van der Waals surface area contributed by atoms with Crippen molar-refractivity contribution in [2.24, 2.45) is 5.73 Å². The minimum Gasteiger partial charge on any atom is -0.508 e. The minimum absolute atomic E-state index is 0.0433. The lowest BCUT2D eigenvalue weighted by Gasteiger charge is -2.16. The zero-order valence-electron chi connectivity index (χ0n) is 11.3. The van der Waals surface area contributed by atoms with E-state index in [-0.39, 0.29) is 23.0 Å². The number of carbonyl (C=O) groups is 1. The van der Waals surface area contributed by atoms with E-state index in [0.29, 0.717) is 0 Å². The maximum atomic E-state index is 13.9. The van der Waals surface area contributed by atoms with E-state index >= 15 is 0 Å². The first-order chi connectivity index (χ1) is 10.0. The lowest BCUT2D eigenvalue weighted by molar-refractivity contribution is 0.100. The first-order valence-electron chi connectivity index (χ1n) is 6.72. The molecule has 1 aliphatic rings. The van der Waals surface area contributed by atoms with Crippen LogP contribution in [-0.4, -0.2) is 11.0 Å². The molecule has 1 aliphatic carbocycles. The summed E-state index contributed by atoms with van der Waals surface area (Å²) in [4.78, 5) is 11.2. The summed E-state index contributed by atoms with van der Waals surface area (Å²) in [5, 5.41) is 12.6. The van der Waals surface area contributed by atoms with Gasteiger partial charge in [0.1, 0.15) is 11.6 Å². The molecule has 108 valence electrons. The zero-order chi connectivity index (χ0) is 15.0. The molecule has 0 radical (unpaired) electrons. The molecule has 0 heterocycles. The summed E-state index contributed by atoms with van der Waals surface area (Å²) in [7, 11) is 0. The highest BCUT2D eigenvalue weighted by Crippen LogP contribution is 2.36. The summed E-state index contributed by atoms with van der Waals surface area (Å²) < 4.78 is 13.9. The van der Waals surface area contributed by atoms with Crippen LogP contribution in [0.3, 0.4) is 0 Å². The second-order valence-corrected chi connectivity index (χ2v) is 5.18. The van der Waals surface area contributed by atoms with Gasteiger partial charge in [-0.15, -0.1) is 0 Å². The second-order valence-electron chi connectivity index (χ2n) is 5.18. The number of rotatable bonds is 3. The highest BCUT2D eigenvalue weighted by molar-refractivity contribution is 5.93. The molecule has 5 heteroatoms. The fourth-order valence-corrected chi connectivity index (χ4v) is 2.73. The maximum absolute atomic E-state index is 13.9. The number of halogens is 1. The molecule has 1 amide bonds. The largest absolute Gasteiger partial charge is 0.508 e. The molecule has 0 bridgehead atoms. The number of nitrogens with one attached hydrogen (secondary N) is 1. The highest BCUT2D eigenvalue weighted by Gasteiger charge is 2.23. The number of nitrogens with two attached hydrogens (primary N) is 1. The van der Waals surface area contributed by atoms with Gasteiger partial charge in [0.05, 0.1) is 11.7 Å². The van der Waals surface area contributed by atoms with E-state index in [1.807, 2.05) is 6.07 Å². The van der Waals surface area contributed by atoms with Gasteiger partial charge < -0.3 is 16.2 Å². The van der Waals surface area contributed by atoms with Gasteiger partial charge in [0, 0.05) is 5.56 Å². The Morgan fingerprint density at radius 1 is 1.29 bits per heavy atom. The molecule has 4 nitrogen and oxygen atoms in total. The first-order valence-corrected chi connectivity index (χ1v) is 6.72. The molecule has 2 aromatic rings. The van der Waals surface area contributed by atoms with Gasteiger partial charge in [-0.25, -0.2) is 4.39 Å². The standard InChI is InChI=1S/C16H15FN2O2/c17-13-5-1-10(16(18)21)8-15(13)19-14-6-2-9-7-11(20)3-4-12(9)14/h1,3-5,7-8,14,19-20H,2,6H2,(H2,18,21). The van der Waals surface area contributed by atoms with Crippen molar-refractivity contribution in [3.05, 3.63) is 58.9 Å². The van der Waals surface area contributed by atoms with Gasteiger partial charge in [-0.3, -0.25) is 4.79 Å². The molecule has 0 saturated heterocycles. The lowest BCUT2D eigenvalue weighted by atomic mass is 10.1. The van der Waals surface area contributed by atoms with Crippen LogP contribution in [0.5, 0.6) is 5.75 Å². The summed E-state index contributed by atoms with van der Waals surface area (Å²) in [5.41, 5.74) is 7.84. The summed E-state index contributed by atoms with van der Waals surface area (Å²) in [6.07, 6.45) is 1.62. The predicted molar refractivity (Wildman–Crippen MR) is 77.7 cm³/mol. The average Bonchev–Trinajstić information content (AvgIpc) is 2.83. The predicted octanol–water partition coefficient (Wildman–Crippen LogP) is 2.73. The van der Waals surface area contributed by atoms with Gasteiger partial charge in [-0.05, 0) is 54.3 Å². The molecule has 3 rings (SSSR count). The number of carbonyl (C=O) groups excluding carboxylic acids is 1. The van der Waals surface area contributed by atoms with Crippen molar-refractivity contribution < 1.29 is 14.3 Å². The number of aromatic hydroxyl groups is 1. The molecule has 0 fully saturated rings. The lowest BCUT2D eigenvalue weighted by Crippen LogP contribution is -2.13. The van der Waals surface area contributed by atoms with Crippen LogP contribution in [0, 0.1) is 5.82 Å². The van der Waals surface area contributed by atoms with Crippen molar-refractivity contribution in [3.63, 3.8) is 0 Å². The van der Waals surface area contributed by atoms with Crippen LogP contribution in [0.4, 0.5) is 10.1 Å². The van der Waals surface area contributed by atoms with E-state index in [4.69, 9.17) is 5.73 Å². The van der Waals surface area contributed by atoms with Crippen LogP contribution in [-0.2, 0) is 6.42 Å². The Labute approximate surface area is 121 Å². The van der Waals surface area contributed by atoms with Gasteiger partial charge in [-0.2, -0.15) is 0 Å². The van der Waals surface area contributed by atoms with Gasteiger partial charge in [0.2, 0.25) is 5.91 Å².